The van der Waals surface area contributed by atoms with Crippen molar-refractivity contribution in [2.75, 3.05) is 12.4 Å². The van der Waals surface area contributed by atoms with Crippen LogP contribution in [-0.2, 0) is 11.3 Å². The van der Waals surface area contributed by atoms with Crippen molar-refractivity contribution in [1.29, 1.82) is 0 Å². The fourth-order valence-corrected chi connectivity index (χ4v) is 4.84. The molecule has 10 heteroatoms. The first-order valence-corrected chi connectivity index (χ1v) is 14.1. The molecule has 0 aliphatic carbocycles. The van der Waals surface area contributed by atoms with Gasteiger partial charge in [-0.15, -0.1) is 11.6 Å². The second kappa shape index (κ2) is 13.2. The molecule has 0 aliphatic heterocycles. The Morgan fingerprint density at radius 3 is 2.50 bits per heavy atom. The maximum atomic E-state index is 13.7. The maximum absolute atomic E-state index is 13.7. The summed E-state index contributed by atoms with van der Waals surface area (Å²) in [6, 6.07) is 24.9. The average molecular weight is 583 g/mol. The second-order valence-electron chi connectivity index (χ2n) is 9.87. The molecule has 5 rings (SSSR count). The summed E-state index contributed by atoms with van der Waals surface area (Å²) in [5, 5.41) is 17.4. The van der Waals surface area contributed by atoms with Crippen LogP contribution in [0.25, 0.3) is 33.1 Å². The Kier molecular flexibility index (Phi) is 8.99. The number of pyridine rings is 1. The van der Waals surface area contributed by atoms with E-state index in [9.17, 15) is 14.7 Å². The van der Waals surface area contributed by atoms with Crippen LogP contribution in [0.15, 0.2) is 89.9 Å². The first-order chi connectivity index (χ1) is 20.4. The average Bonchev–Trinajstić information content (AvgIpc) is 3.40. The van der Waals surface area contributed by atoms with Gasteiger partial charge in [0.1, 0.15) is 23.3 Å². The molecule has 42 heavy (non-hydrogen) atoms. The SMILES string of the molecule is NC(CCl)=NCCC[C@H](NC(=O)c1cc2c([nH]c3ccccc32)c(-c2ccc(O)cc2)n1)C(=O)NCc1ccccc1. The van der Waals surface area contributed by atoms with Crippen LogP contribution in [0.2, 0.25) is 0 Å². The molecule has 1 atom stereocenters. The standard InChI is InChI=1S/C32H31ClN6O3/c33-18-28(34)35-16-6-11-26(31(41)36-19-20-7-2-1-3-8-20)39-32(42)27-17-24-23-9-4-5-10-25(23)37-30(24)29(38-27)21-12-14-22(40)15-13-21/h1-5,7-10,12-15,17,26,37,40H,6,11,16,18-19H2,(H2,34,35)(H,36,41)(H,39,42)/t26-/m0/s1. The Balaban J connectivity index is 1.45. The number of hydrogen-bond acceptors (Lipinski definition) is 5. The summed E-state index contributed by atoms with van der Waals surface area (Å²) in [6.07, 6.45) is 0.848. The molecule has 6 N–H and O–H groups in total. The normalized spacial score (nSPS) is 12.4. The van der Waals surface area contributed by atoms with Crippen molar-refractivity contribution in [3.8, 4) is 17.0 Å². The third kappa shape index (κ3) is 6.70. The lowest BCUT2D eigenvalue weighted by Gasteiger charge is -2.18. The lowest BCUT2D eigenvalue weighted by Crippen LogP contribution is -2.46. The number of fused-ring (bicyclic) bond motifs is 3. The van der Waals surface area contributed by atoms with Gasteiger partial charge >= 0.3 is 0 Å². The summed E-state index contributed by atoms with van der Waals surface area (Å²) in [5.41, 5.74) is 9.78. The van der Waals surface area contributed by atoms with Crippen LogP contribution >= 0.6 is 11.6 Å². The molecule has 0 spiro atoms. The van der Waals surface area contributed by atoms with Crippen molar-refractivity contribution in [3.63, 3.8) is 0 Å². The van der Waals surface area contributed by atoms with Crippen molar-refractivity contribution in [2.24, 2.45) is 10.7 Å². The number of rotatable bonds is 11. The summed E-state index contributed by atoms with van der Waals surface area (Å²) >= 11 is 5.72. The number of benzene rings is 3. The predicted octanol–water partition coefficient (Wildman–Crippen LogP) is 4.88. The van der Waals surface area contributed by atoms with Gasteiger partial charge in [0.2, 0.25) is 5.91 Å². The predicted molar refractivity (Wildman–Crippen MR) is 167 cm³/mol. The van der Waals surface area contributed by atoms with Gasteiger partial charge in [-0.25, -0.2) is 4.98 Å². The Labute approximate surface area is 247 Å². The minimum atomic E-state index is -0.828. The van der Waals surface area contributed by atoms with E-state index < -0.39 is 11.9 Å². The zero-order valence-corrected chi connectivity index (χ0v) is 23.6. The highest BCUT2D eigenvalue weighted by molar-refractivity contribution is 6.28. The molecular formula is C32H31ClN6O3. The molecule has 5 aromatic rings. The molecule has 0 bridgehead atoms. The number of hydrogen-bond donors (Lipinski definition) is 5. The molecule has 2 heterocycles. The van der Waals surface area contributed by atoms with Crippen LogP contribution < -0.4 is 16.4 Å². The fourth-order valence-electron chi connectivity index (χ4n) is 4.76. The van der Waals surface area contributed by atoms with Crippen molar-refractivity contribution >= 4 is 51.1 Å². The van der Waals surface area contributed by atoms with Gasteiger partial charge in [-0.2, -0.15) is 0 Å². The monoisotopic (exact) mass is 582 g/mol. The number of aliphatic imine (C=N–C) groups is 1. The minimum absolute atomic E-state index is 0.127. The van der Waals surface area contributed by atoms with E-state index in [1.165, 1.54) is 0 Å². The number of aromatic hydroxyl groups is 1. The molecule has 214 valence electrons. The summed E-state index contributed by atoms with van der Waals surface area (Å²) in [6.45, 7) is 0.704. The fraction of sp³-hybridized carbons (Fsp3) is 0.188. The first-order valence-electron chi connectivity index (χ1n) is 13.6. The van der Waals surface area contributed by atoms with E-state index in [-0.39, 0.29) is 23.2 Å². The maximum Gasteiger partial charge on any atom is 0.270 e. The molecule has 0 unspecified atom stereocenters. The number of nitrogens with two attached hydrogens (primary N) is 1. The number of para-hydroxylation sites is 1. The van der Waals surface area contributed by atoms with E-state index in [2.05, 4.69) is 20.6 Å². The summed E-state index contributed by atoms with van der Waals surface area (Å²) in [5.74, 6) is -0.214. The molecule has 0 saturated carbocycles. The van der Waals surface area contributed by atoms with Crippen LogP contribution in [-0.4, -0.2) is 51.2 Å². The third-order valence-corrected chi connectivity index (χ3v) is 7.18. The highest BCUT2D eigenvalue weighted by Gasteiger charge is 2.23. The second-order valence-corrected chi connectivity index (χ2v) is 10.1. The Morgan fingerprint density at radius 1 is 1.00 bits per heavy atom. The van der Waals surface area contributed by atoms with E-state index in [1.807, 2.05) is 54.6 Å². The zero-order chi connectivity index (χ0) is 29.5. The van der Waals surface area contributed by atoms with Gasteiger partial charge in [-0.1, -0.05) is 48.5 Å². The van der Waals surface area contributed by atoms with Gasteiger partial charge in [0.25, 0.3) is 5.91 Å². The molecule has 2 amide bonds. The summed E-state index contributed by atoms with van der Waals surface area (Å²) < 4.78 is 0. The number of carbonyl (C=O) groups excluding carboxylic acids is 2. The molecule has 3 aromatic carbocycles. The van der Waals surface area contributed by atoms with Gasteiger partial charge in [-0.05, 0) is 54.8 Å². The van der Waals surface area contributed by atoms with Gasteiger partial charge in [-0.3, -0.25) is 14.6 Å². The van der Waals surface area contributed by atoms with Crippen LogP contribution in [0.3, 0.4) is 0 Å². The van der Waals surface area contributed by atoms with E-state index >= 15 is 0 Å². The number of amides is 2. The van der Waals surface area contributed by atoms with Crippen LogP contribution in [0, 0.1) is 0 Å². The number of nitrogens with one attached hydrogen (secondary N) is 3. The van der Waals surface area contributed by atoms with Gasteiger partial charge < -0.3 is 26.5 Å². The van der Waals surface area contributed by atoms with E-state index in [0.29, 0.717) is 37.5 Å². The van der Waals surface area contributed by atoms with E-state index in [0.717, 1.165) is 32.9 Å². The third-order valence-electron chi connectivity index (χ3n) is 6.90. The number of phenols is 1. The first kappa shape index (κ1) is 28.6. The van der Waals surface area contributed by atoms with Crippen molar-refractivity contribution in [2.45, 2.75) is 25.4 Å². The molecule has 0 fully saturated rings. The van der Waals surface area contributed by atoms with Gasteiger partial charge in [0.05, 0.1) is 17.1 Å². The molecular weight excluding hydrogens is 552 g/mol. The molecule has 0 radical (unpaired) electrons. The van der Waals surface area contributed by atoms with Crippen LogP contribution in [0.1, 0.15) is 28.9 Å². The smallest absolute Gasteiger partial charge is 0.270 e. The number of H-pyrrole nitrogens is 1. The lowest BCUT2D eigenvalue weighted by atomic mass is 10.1. The quantitative estimate of drug-likeness (QED) is 0.0652. The number of aromatic amines is 1. The highest BCUT2D eigenvalue weighted by atomic mass is 35.5. The van der Waals surface area contributed by atoms with Gasteiger partial charge in [0, 0.05) is 34.9 Å². The van der Waals surface area contributed by atoms with E-state index in [4.69, 9.17) is 22.3 Å². The molecule has 0 saturated heterocycles. The van der Waals surface area contributed by atoms with Crippen LogP contribution in [0.4, 0.5) is 0 Å². The number of aromatic nitrogens is 2. The Hall–Kier alpha value is -4.89. The topological polar surface area (TPSA) is 145 Å². The molecule has 2 aromatic heterocycles. The lowest BCUT2D eigenvalue weighted by molar-refractivity contribution is -0.123. The number of halogens is 1. The number of nitrogens with zero attached hydrogens (tertiary/aromatic N) is 2. The molecule has 0 aliphatic rings. The zero-order valence-electron chi connectivity index (χ0n) is 22.8. The highest BCUT2D eigenvalue weighted by Crippen LogP contribution is 2.33. The number of phenolic OH excluding ortho intramolecular Hbond substituents is 1. The minimum Gasteiger partial charge on any atom is -0.508 e. The Bertz CT molecular complexity index is 1730. The summed E-state index contributed by atoms with van der Waals surface area (Å²) in [4.78, 5) is 39.3. The van der Waals surface area contributed by atoms with E-state index in [1.54, 1.807) is 30.3 Å². The largest absolute Gasteiger partial charge is 0.508 e. The van der Waals surface area contributed by atoms with Crippen molar-refractivity contribution in [3.05, 3.63) is 96.2 Å². The number of carbonyl (C=O) groups is 2. The van der Waals surface area contributed by atoms with Crippen LogP contribution in [0.5, 0.6) is 5.75 Å². The molecule has 9 nitrogen and oxygen atoms in total. The number of amidine groups is 1. The van der Waals surface area contributed by atoms with Crippen molar-refractivity contribution < 1.29 is 14.7 Å². The number of alkyl halides is 1. The van der Waals surface area contributed by atoms with Gasteiger partial charge in [0.15, 0.2) is 0 Å². The van der Waals surface area contributed by atoms with Crippen molar-refractivity contribution in [1.82, 2.24) is 20.6 Å². The summed E-state index contributed by atoms with van der Waals surface area (Å²) in [7, 11) is 0. The Morgan fingerprint density at radius 2 is 1.74 bits per heavy atom.